The highest BCUT2D eigenvalue weighted by Gasteiger charge is 2.25. The molecule has 0 radical (unpaired) electrons. The predicted molar refractivity (Wildman–Crippen MR) is 77.2 cm³/mol. The lowest BCUT2D eigenvalue weighted by Gasteiger charge is -2.18. The third-order valence-electron chi connectivity index (χ3n) is 2.98. The molecule has 2 amide bonds. The largest absolute Gasteiger partial charge is 0.381 e. The van der Waals surface area contributed by atoms with Gasteiger partial charge in [-0.15, -0.1) is 0 Å². The summed E-state index contributed by atoms with van der Waals surface area (Å²) in [6, 6.07) is 0.219. The minimum atomic E-state index is -0.0498. The molecule has 1 aliphatic carbocycles. The summed E-state index contributed by atoms with van der Waals surface area (Å²) in [5.74, 6) is 0.947. The van der Waals surface area contributed by atoms with Gasteiger partial charge in [0.25, 0.3) is 0 Å². The summed E-state index contributed by atoms with van der Waals surface area (Å²) < 4.78 is 5.54. The van der Waals surface area contributed by atoms with E-state index in [-0.39, 0.29) is 16.8 Å². The van der Waals surface area contributed by atoms with Crippen molar-refractivity contribution in [2.24, 2.45) is 0 Å². The van der Waals surface area contributed by atoms with E-state index in [1.54, 1.807) is 7.11 Å². The lowest BCUT2D eigenvalue weighted by atomic mass is 10.2. The Morgan fingerprint density at radius 2 is 2.11 bits per heavy atom. The number of methoxy groups -OCH3 is 1. The van der Waals surface area contributed by atoms with Crippen LogP contribution in [0.15, 0.2) is 0 Å². The third kappa shape index (κ3) is 6.50. The van der Waals surface area contributed by atoms with Crippen molar-refractivity contribution in [3.63, 3.8) is 0 Å². The van der Waals surface area contributed by atoms with Crippen LogP contribution in [0.3, 0.4) is 0 Å². The first-order valence-corrected chi connectivity index (χ1v) is 7.60. The molecule has 0 bridgehead atoms. The molecule has 0 aliphatic heterocycles. The van der Waals surface area contributed by atoms with Crippen molar-refractivity contribution in [1.82, 2.24) is 10.6 Å². The van der Waals surface area contributed by atoms with Crippen LogP contribution < -0.4 is 10.6 Å². The van der Waals surface area contributed by atoms with E-state index in [4.69, 9.17) is 4.74 Å². The van der Waals surface area contributed by atoms with Gasteiger partial charge in [-0.25, -0.2) is 4.79 Å². The van der Waals surface area contributed by atoms with Crippen molar-refractivity contribution in [1.29, 1.82) is 0 Å². The Morgan fingerprint density at radius 3 is 2.67 bits per heavy atom. The zero-order chi connectivity index (χ0) is 13.6. The van der Waals surface area contributed by atoms with Crippen molar-refractivity contribution >= 4 is 17.8 Å². The van der Waals surface area contributed by atoms with Crippen LogP contribution in [0.2, 0.25) is 0 Å². The maximum absolute atomic E-state index is 11.6. The van der Waals surface area contributed by atoms with Gasteiger partial charge in [0.05, 0.1) is 6.10 Å². The maximum atomic E-state index is 11.6. The van der Waals surface area contributed by atoms with Crippen LogP contribution in [-0.2, 0) is 4.74 Å². The molecule has 0 spiro atoms. The second-order valence-corrected chi connectivity index (χ2v) is 7.65. The summed E-state index contributed by atoms with van der Waals surface area (Å²) in [6.45, 7) is 7.26. The van der Waals surface area contributed by atoms with Gasteiger partial charge in [0.15, 0.2) is 0 Å². The molecule has 0 heterocycles. The van der Waals surface area contributed by atoms with Crippen molar-refractivity contribution in [2.45, 2.75) is 56.9 Å². The van der Waals surface area contributed by atoms with E-state index >= 15 is 0 Å². The van der Waals surface area contributed by atoms with Crippen molar-refractivity contribution in [3.8, 4) is 0 Å². The Labute approximate surface area is 115 Å². The minimum absolute atomic E-state index is 0.0498. The summed E-state index contributed by atoms with van der Waals surface area (Å²) in [7, 11) is 1.73. The van der Waals surface area contributed by atoms with E-state index in [1.807, 2.05) is 11.8 Å². The summed E-state index contributed by atoms with van der Waals surface area (Å²) >= 11 is 1.86. The van der Waals surface area contributed by atoms with Gasteiger partial charge in [-0.2, -0.15) is 11.8 Å². The number of ether oxygens (including phenoxy) is 1. The topological polar surface area (TPSA) is 50.4 Å². The zero-order valence-corrected chi connectivity index (χ0v) is 12.7. The van der Waals surface area contributed by atoms with Crippen molar-refractivity contribution < 1.29 is 9.53 Å². The van der Waals surface area contributed by atoms with Gasteiger partial charge in [-0.1, -0.05) is 20.8 Å². The summed E-state index contributed by atoms with van der Waals surface area (Å²) in [4.78, 5) is 11.6. The fourth-order valence-electron chi connectivity index (χ4n) is 2.04. The van der Waals surface area contributed by atoms with Crippen LogP contribution in [0.4, 0.5) is 4.79 Å². The Balaban J connectivity index is 2.08. The number of carbonyl (C=O) groups excluding carboxylic acids is 1. The molecule has 4 nitrogen and oxygen atoms in total. The molecule has 18 heavy (non-hydrogen) atoms. The zero-order valence-electron chi connectivity index (χ0n) is 11.9. The Kier molecular flexibility index (Phi) is 6.29. The van der Waals surface area contributed by atoms with Crippen LogP contribution in [-0.4, -0.2) is 42.3 Å². The number of hydrogen-bond acceptors (Lipinski definition) is 3. The quantitative estimate of drug-likeness (QED) is 0.757. The van der Waals surface area contributed by atoms with Gasteiger partial charge in [0, 0.05) is 30.2 Å². The summed E-state index contributed by atoms with van der Waals surface area (Å²) in [5, 5.41) is 5.90. The molecule has 1 fully saturated rings. The molecule has 1 rings (SSSR count). The number of hydrogen-bond donors (Lipinski definition) is 2. The Morgan fingerprint density at radius 1 is 1.39 bits per heavy atom. The van der Waals surface area contributed by atoms with Crippen LogP contribution in [0.1, 0.15) is 40.0 Å². The van der Waals surface area contributed by atoms with E-state index in [0.717, 1.165) is 25.0 Å². The van der Waals surface area contributed by atoms with Crippen LogP contribution in [0, 0.1) is 0 Å². The molecule has 2 N–H and O–H groups in total. The molecule has 0 unspecified atom stereocenters. The van der Waals surface area contributed by atoms with Gasteiger partial charge < -0.3 is 15.4 Å². The number of amides is 2. The Hall–Kier alpha value is -0.420. The van der Waals surface area contributed by atoms with Crippen LogP contribution in [0.25, 0.3) is 0 Å². The highest BCUT2D eigenvalue weighted by Crippen LogP contribution is 2.22. The lowest BCUT2D eigenvalue weighted by molar-refractivity contribution is 0.107. The maximum Gasteiger partial charge on any atom is 0.315 e. The van der Waals surface area contributed by atoms with E-state index in [2.05, 4.69) is 31.4 Å². The molecule has 1 saturated carbocycles. The third-order valence-corrected chi connectivity index (χ3v) is 4.25. The fourth-order valence-corrected chi connectivity index (χ4v) is 2.86. The highest BCUT2D eigenvalue weighted by molar-refractivity contribution is 8.00. The number of nitrogens with one attached hydrogen (secondary N) is 2. The van der Waals surface area contributed by atoms with Gasteiger partial charge in [-0.3, -0.25) is 0 Å². The summed E-state index contributed by atoms with van der Waals surface area (Å²) in [6.07, 6.45) is 3.30. The lowest BCUT2D eigenvalue weighted by Crippen LogP contribution is -2.42. The number of thioether (sulfide) groups is 1. The number of carbonyl (C=O) groups is 1. The van der Waals surface area contributed by atoms with E-state index in [9.17, 15) is 4.79 Å². The normalized spacial score (nSPS) is 24.0. The standard InChI is InChI=1S/C13H26N2O2S/c1-13(2,3)18-8-7-14-12(16)15-10-5-6-11(9-10)17-4/h10-11H,5-9H2,1-4H3,(H2,14,15,16)/t10-,11+/m1/s1. The van der Waals surface area contributed by atoms with Crippen molar-refractivity contribution in [3.05, 3.63) is 0 Å². The molecular weight excluding hydrogens is 248 g/mol. The molecule has 2 atom stereocenters. The van der Waals surface area contributed by atoms with Gasteiger partial charge >= 0.3 is 6.03 Å². The van der Waals surface area contributed by atoms with Crippen LogP contribution >= 0.6 is 11.8 Å². The van der Waals surface area contributed by atoms with Gasteiger partial charge in [0.1, 0.15) is 0 Å². The first-order valence-electron chi connectivity index (χ1n) is 6.62. The average Bonchev–Trinajstić information content (AvgIpc) is 2.71. The molecule has 5 heteroatoms. The smallest absolute Gasteiger partial charge is 0.315 e. The molecule has 106 valence electrons. The second kappa shape index (κ2) is 7.24. The average molecular weight is 274 g/mol. The summed E-state index contributed by atoms with van der Waals surface area (Å²) in [5.41, 5.74) is 0. The van der Waals surface area contributed by atoms with Gasteiger partial charge in [-0.05, 0) is 19.3 Å². The molecule has 0 aromatic carbocycles. The second-order valence-electron chi connectivity index (χ2n) is 5.73. The molecule has 0 aromatic rings. The van der Waals surface area contributed by atoms with E-state index in [1.165, 1.54) is 0 Å². The minimum Gasteiger partial charge on any atom is -0.381 e. The highest BCUT2D eigenvalue weighted by atomic mass is 32.2. The molecule has 1 aliphatic rings. The molecular formula is C13H26N2O2S. The monoisotopic (exact) mass is 274 g/mol. The molecule has 0 aromatic heterocycles. The van der Waals surface area contributed by atoms with Gasteiger partial charge in [0.2, 0.25) is 0 Å². The number of urea groups is 1. The van der Waals surface area contributed by atoms with E-state index in [0.29, 0.717) is 12.6 Å². The first-order chi connectivity index (χ1) is 8.40. The van der Waals surface area contributed by atoms with E-state index < -0.39 is 0 Å². The number of rotatable bonds is 5. The predicted octanol–water partition coefficient (Wildman–Crippen LogP) is 2.38. The van der Waals surface area contributed by atoms with Crippen molar-refractivity contribution in [2.75, 3.05) is 19.4 Å². The Bertz CT molecular complexity index is 266. The SMILES string of the molecule is CO[C@H]1CC[C@@H](NC(=O)NCCSC(C)(C)C)C1. The first kappa shape index (κ1) is 15.6. The fraction of sp³-hybridized carbons (Fsp3) is 0.923. The molecule has 0 saturated heterocycles. The van der Waals surface area contributed by atoms with Crippen LogP contribution in [0.5, 0.6) is 0 Å².